The number of nitrogens with zero attached hydrogens (tertiary/aromatic N) is 1. The molecular weight excluding hydrogens is 282 g/mol. The minimum Gasteiger partial charge on any atom is -0.439 e. The molecule has 1 fully saturated rings. The summed E-state index contributed by atoms with van der Waals surface area (Å²) in [6, 6.07) is 10.1. The van der Waals surface area contributed by atoms with E-state index in [-0.39, 0.29) is 23.0 Å². The van der Waals surface area contributed by atoms with Crippen molar-refractivity contribution in [2.24, 2.45) is 5.92 Å². The smallest absolute Gasteiger partial charge is 0.411 e. The van der Waals surface area contributed by atoms with Crippen LogP contribution in [0.25, 0.3) is 0 Å². The number of thioether (sulfide) groups is 1. The molecule has 4 heteroatoms. The van der Waals surface area contributed by atoms with Crippen LogP contribution in [0, 0.1) is 5.92 Å². The van der Waals surface area contributed by atoms with E-state index in [2.05, 4.69) is 34.6 Å². The van der Waals surface area contributed by atoms with Crippen LogP contribution in [0.1, 0.15) is 46.3 Å². The van der Waals surface area contributed by atoms with E-state index in [1.165, 1.54) is 0 Å². The number of cyclic esters (lactones) is 1. The first-order valence-corrected chi connectivity index (χ1v) is 8.44. The Morgan fingerprint density at radius 1 is 1.24 bits per heavy atom. The molecule has 116 valence electrons. The van der Waals surface area contributed by atoms with E-state index < -0.39 is 0 Å². The van der Waals surface area contributed by atoms with Gasteiger partial charge in [-0.15, -0.1) is 11.8 Å². The van der Waals surface area contributed by atoms with Crippen LogP contribution in [-0.2, 0) is 4.74 Å². The highest BCUT2D eigenvalue weighted by Crippen LogP contribution is 2.38. The molecule has 3 nitrogen and oxygen atoms in total. The Morgan fingerprint density at radius 3 is 2.38 bits per heavy atom. The molecule has 1 saturated heterocycles. The van der Waals surface area contributed by atoms with Crippen LogP contribution in [0.2, 0.25) is 0 Å². The normalized spacial score (nSPS) is 22.8. The summed E-state index contributed by atoms with van der Waals surface area (Å²) in [5.74, 6) is 1.02. The van der Waals surface area contributed by atoms with E-state index in [9.17, 15) is 4.79 Å². The number of benzene rings is 1. The van der Waals surface area contributed by atoms with E-state index >= 15 is 0 Å². The van der Waals surface area contributed by atoms with Crippen molar-refractivity contribution in [3.63, 3.8) is 0 Å². The summed E-state index contributed by atoms with van der Waals surface area (Å²) in [5, 5.41) is 0. The SMILES string of the molecule is CC(C)[C@H]1[C@@H](c2ccccc2)OC(=O)N1CSC(C)(C)C. The summed E-state index contributed by atoms with van der Waals surface area (Å²) in [6.45, 7) is 10.8. The van der Waals surface area contributed by atoms with Gasteiger partial charge in [-0.1, -0.05) is 65.0 Å². The van der Waals surface area contributed by atoms with Crippen molar-refractivity contribution in [2.75, 3.05) is 5.88 Å². The predicted molar refractivity (Wildman–Crippen MR) is 88.3 cm³/mol. The van der Waals surface area contributed by atoms with Gasteiger partial charge >= 0.3 is 6.09 Å². The van der Waals surface area contributed by atoms with Gasteiger partial charge in [-0.2, -0.15) is 0 Å². The van der Waals surface area contributed by atoms with Crippen LogP contribution in [0.4, 0.5) is 4.79 Å². The fraction of sp³-hybridized carbons (Fsp3) is 0.588. The zero-order valence-electron chi connectivity index (χ0n) is 13.5. The Kier molecular flexibility index (Phi) is 4.87. The Morgan fingerprint density at radius 2 is 1.86 bits per heavy atom. The Hall–Kier alpha value is -1.16. The van der Waals surface area contributed by atoms with Crippen molar-refractivity contribution in [3.05, 3.63) is 35.9 Å². The van der Waals surface area contributed by atoms with Crippen molar-refractivity contribution < 1.29 is 9.53 Å². The predicted octanol–water partition coefficient (Wildman–Crippen LogP) is 4.69. The fourth-order valence-electron chi connectivity index (χ4n) is 2.55. The third-order valence-corrected chi connectivity index (χ3v) is 4.85. The number of amides is 1. The largest absolute Gasteiger partial charge is 0.439 e. The molecule has 1 aromatic carbocycles. The topological polar surface area (TPSA) is 29.5 Å². The molecule has 0 spiro atoms. The molecule has 2 rings (SSSR count). The molecule has 0 radical (unpaired) electrons. The average Bonchev–Trinajstić information content (AvgIpc) is 2.74. The van der Waals surface area contributed by atoms with Gasteiger partial charge in [-0.25, -0.2) is 4.79 Å². The van der Waals surface area contributed by atoms with Gasteiger partial charge < -0.3 is 4.74 Å². The number of carbonyl (C=O) groups is 1. The summed E-state index contributed by atoms with van der Waals surface area (Å²) in [4.78, 5) is 14.2. The number of hydrogen-bond acceptors (Lipinski definition) is 3. The van der Waals surface area contributed by atoms with Gasteiger partial charge in [-0.05, 0) is 11.5 Å². The number of hydrogen-bond donors (Lipinski definition) is 0. The van der Waals surface area contributed by atoms with Crippen molar-refractivity contribution in [3.8, 4) is 0 Å². The van der Waals surface area contributed by atoms with Gasteiger partial charge in [-0.3, -0.25) is 4.90 Å². The first kappa shape index (κ1) is 16.2. The van der Waals surface area contributed by atoms with Crippen LogP contribution < -0.4 is 0 Å². The molecule has 0 bridgehead atoms. The molecule has 1 aromatic rings. The molecule has 0 N–H and O–H groups in total. The highest BCUT2D eigenvalue weighted by atomic mass is 32.2. The fourth-order valence-corrected chi connectivity index (χ4v) is 3.35. The molecule has 1 aliphatic rings. The molecule has 1 aliphatic heterocycles. The quantitative estimate of drug-likeness (QED) is 0.808. The second-order valence-electron chi connectivity index (χ2n) is 6.81. The van der Waals surface area contributed by atoms with Crippen LogP contribution in [-0.4, -0.2) is 27.7 Å². The maximum Gasteiger partial charge on any atom is 0.411 e. The number of ether oxygens (including phenoxy) is 1. The minimum atomic E-state index is -0.195. The molecule has 0 aliphatic carbocycles. The molecule has 2 atom stereocenters. The standard InChI is InChI=1S/C17H25NO2S/c1-12(2)14-15(13-9-7-6-8-10-13)20-16(19)18(14)11-21-17(3,4)5/h6-10,12,14-15H,11H2,1-5H3/t14-,15+/m0/s1. The third kappa shape index (κ3) is 3.94. The van der Waals surface area contributed by atoms with Gasteiger partial charge in [0, 0.05) is 4.75 Å². The van der Waals surface area contributed by atoms with E-state index in [4.69, 9.17) is 4.74 Å². The zero-order chi connectivity index (χ0) is 15.6. The van der Waals surface area contributed by atoms with Crippen LogP contribution in [0.15, 0.2) is 30.3 Å². The third-order valence-electron chi connectivity index (χ3n) is 3.58. The van der Waals surface area contributed by atoms with E-state index in [0.717, 1.165) is 5.56 Å². The van der Waals surface area contributed by atoms with Crippen LogP contribution in [0.5, 0.6) is 0 Å². The Bertz CT molecular complexity index is 481. The van der Waals surface area contributed by atoms with Crippen LogP contribution in [0.3, 0.4) is 0 Å². The van der Waals surface area contributed by atoms with Crippen molar-refractivity contribution in [2.45, 2.75) is 51.5 Å². The average molecular weight is 307 g/mol. The Balaban J connectivity index is 2.20. The van der Waals surface area contributed by atoms with Gasteiger partial charge in [0.2, 0.25) is 0 Å². The maximum absolute atomic E-state index is 12.3. The monoisotopic (exact) mass is 307 g/mol. The lowest BCUT2D eigenvalue weighted by atomic mass is 9.93. The molecule has 1 heterocycles. The van der Waals surface area contributed by atoms with Crippen molar-refractivity contribution in [1.29, 1.82) is 0 Å². The Labute approximate surface area is 132 Å². The summed E-state index contributed by atoms with van der Waals surface area (Å²) in [5.41, 5.74) is 1.08. The van der Waals surface area contributed by atoms with Crippen molar-refractivity contribution >= 4 is 17.9 Å². The summed E-state index contributed by atoms with van der Waals surface area (Å²) >= 11 is 1.78. The molecule has 0 aromatic heterocycles. The molecule has 1 amide bonds. The highest BCUT2D eigenvalue weighted by molar-refractivity contribution is 8.00. The van der Waals surface area contributed by atoms with E-state index in [1.54, 1.807) is 11.8 Å². The second-order valence-corrected chi connectivity index (χ2v) is 8.58. The first-order chi connectivity index (χ1) is 9.79. The van der Waals surface area contributed by atoms with E-state index in [1.807, 2.05) is 35.2 Å². The van der Waals surface area contributed by atoms with Gasteiger partial charge in [0.25, 0.3) is 0 Å². The van der Waals surface area contributed by atoms with E-state index in [0.29, 0.717) is 11.8 Å². The van der Waals surface area contributed by atoms with Gasteiger partial charge in [0.05, 0.1) is 11.9 Å². The molecule has 0 saturated carbocycles. The van der Waals surface area contributed by atoms with Gasteiger partial charge in [0.1, 0.15) is 6.10 Å². The highest BCUT2D eigenvalue weighted by Gasteiger charge is 2.44. The number of rotatable bonds is 4. The molecule has 0 unspecified atom stereocenters. The lowest BCUT2D eigenvalue weighted by Crippen LogP contribution is -2.38. The minimum absolute atomic E-state index is 0.0924. The number of carbonyl (C=O) groups excluding carboxylic acids is 1. The van der Waals surface area contributed by atoms with Crippen LogP contribution >= 0.6 is 11.8 Å². The van der Waals surface area contributed by atoms with Gasteiger partial charge in [0.15, 0.2) is 0 Å². The second kappa shape index (κ2) is 6.30. The summed E-state index contributed by atoms with van der Waals surface area (Å²) < 4.78 is 5.80. The lowest BCUT2D eigenvalue weighted by Gasteiger charge is -2.30. The maximum atomic E-state index is 12.3. The van der Waals surface area contributed by atoms with Crippen molar-refractivity contribution in [1.82, 2.24) is 4.90 Å². The molecule has 21 heavy (non-hydrogen) atoms. The summed E-state index contributed by atoms with van der Waals surface area (Å²) in [6.07, 6.45) is -0.362. The first-order valence-electron chi connectivity index (χ1n) is 7.46. The zero-order valence-corrected chi connectivity index (χ0v) is 14.3. The summed E-state index contributed by atoms with van der Waals surface area (Å²) in [7, 11) is 0. The lowest BCUT2D eigenvalue weighted by molar-refractivity contribution is 0.126. The molecular formula is C17H25NO2S.